The number of carbonyl (C=O) groups is 2. The molecule has 0 aliphatic heterocycles. The average molecular weight is 621 g/mol. The molecule has 43 heavy (non-hydrogen) atoms. The van der Waals surface area contributed by atoms with Crippen LogP contribution in [0, 0.1) is 13.8 Å². The molecule has 0 aliphatic rings. The molecule has 12 heteroatoms. The lowest BCUT2D eigenvalue weighted by Gasteiger charge is -2.21. The Balaban J connectivity index is 1.50. The minimum absolute atomic E-state index is 0.0735. The second-order valence-corrected chi connectivity index (χ2v) is 13.2. The fourth-order valence-electron chi connectivity index (χ4n) is 4.89. The van der Waals surface area contributed by atoms with Crippen LogP contribution in [0.3, 0.4) is 0 Å². The lowest BCUT2D eigenvalue weighted by Crippen LogP contribution is -2.18. The van der Waals surface area contributed by atoms with Gasteiger partial charge < -0.3 is 19.8 Å². The molecule has 0 unspecified atom stereocenters. The molecule has 0 saturated carbocycles. The summed E-state index contributed by atoms with van der Waals surface area (Å²) in [5.41, 5.74) is 8.38. The fourth-order valence-corrected chi connectivity index (χ4v) is 6.27. The van der Waals surface area contributed by atoms with Crippen LogP contribution in [0.4, 0.5) is 11.4 Å². The van der Waals surface area contributed by atoms with Crippen molar-refractivity contribution in [3.05, 3.63) is 70.3 Å². The summed E-state index contributed by atoms with van der Waals surface area (Å²) >= 11 is 2.72. The number of thioether (sulfide) groups is 2. The Kier molecular flexibility index (Phi) is 10.7. The molecule has 10 nitrogen and oxygen atoms in total. The number of nitrogens with zero attached hydrogens (tertiary/aromatic N) is 6. The first-order chi connectivity index (χ1) is 20.4. The first-order valence-corrected chi connectivity index (χ1v) is 16.2. The quantitative estimate of drug-likeness (QED) is 0.189. The number of hydrogen-bond acceptors (Lipinski definition) is 8. The van der Waals surface area contributed by atoms with Crippen molar-refractivity contribution in [1.29, 1.82) is 0 Å². The maximum Gasteiger partial charge on any atom is 0.234 e. The molecule has 0 aliphatic carbocycles. The summed E-state index contributed by atoms with van der Waals surface area (Å²) in [7, 11) is 3.72. The number of aromatic nitrogens is 6. The molecule has 2 amide bonds. The van der Waals surface area contributed by atoms with Crippen LogP contribution >= 0.6 is 23.5 Å². The van der Waals surface area contributed by atoms with E-state index in [9.17, 15) is 9.59 Å². The van der Waals surface area contributed by atoms with Crippen molar-refractivity contribution >= 4 is 46.7 Å². The summed E-state index contributed by atoms with van der Waals surface area (Å²) < 4.78 is 3.59. The number of nitrogens with one attached hydrogen (secondary N) is 2. The Hall–Kier alpha value is -3.64. The maximum absolute atomic E-state index is 12.9. The van der Waals surface area contributed by atoms with Crippen molar-refractivity contribution in [2.24, 2.45) is 14.1 Å². The Bertz CT molecular complexity index is 1490. The smallest absolute Gasteiger partial charge is 0.234 e. The molecule has 4 rings (SSSR count). The summed E-state index contributed by atoms with van der Waals surface area (Å²) in [4.78, 5) is 25.7. The van der Waals surface area contributed by atoms with Crippen molar-refractivity contribution in [2.75, 3.05) is 22.1 Å². The SMILES string of the molecule is Cc1cc(Cc2cc(C)c(NC(=O)CSc3nncn3C)c(C(C)C)c2)cc(C(C)C)c1NC(=O)CSc1nncn1C. The standard InChI is InChI=1S/C31H40N8O2S2/c1-18(2)24-12-22(9-20(5)28(24)34-26(40)14-42-30-36-32-16-38(30)7)11-23-10-21(6)29(25(13-23)19(3)4)35-27(41)15-43-31-37-33-17-39(31)8/h9-10,12-13,16-19H,11,14-15H2,1-8H3,(H,34,40)(H,35,41). The number of rotatable bonds is 12. The highest BCUT2D eigenvalue weighted by Crippen LogP contribution is 2.33. The van der Waals surface area contributed by atoms with Crippen molar-refractivity contribution in [3.8, 4) is 0 Å². The molecule has 0 saturated heterocycles. The third-order valence-electron chi connectivity index (χ3n) is 7.04. The zero-order valence-corrected chi connectivity index (χ0v) is 27.7. The van der Waals surface area contributed by atoms with Crippen LogP contribution in [0.15, 0.2) is 47.2 Å². The van der Waals surface area contributed by atoms with Crippen molar-refractivity contribution in [1.82, 2.24) is 29.5 Å². The van der Waals surface area contributed by atoms with Crippen LogP contribution in [0.25, 0.3) is 0 Å². The lowest BCUT2D eigenvalue weighted by molar-refractivity contribution is -0.114. The minimum Gasteiger partial charge on any atom is -0.325 e. The molecular formula is C31H40N8O2S2. The van der Waals surface area contributed by atoms with Gasteiger partial charge in [-0.1, -0.05) is 75.5 Å². The Morgan fingerprint density at radius 2 is 1.12 bits per heavy atom. The minimum atomic E-state index is -0.0735. The van der Waals surface area contributed by atoms with Gasteiger partial charge in [0.05, 0.1) is 11.5 Å². The molecule has 2 aromatic carbocycles. The molecule has 2 heterocycles. The number of aryl methyl sites for hydroxylation is 4. The van der Waals surface area contributed by atoms with E-state index in [2.05, 4.69) is 83.0 Å². The first kappa shape index (κ1) is 32.3. The van der Waals surface area contributed by atoms with Crippen molar-refractivity contribution < 1.29 is 9.59 Å². The molecule has 228 valence electrons. The third-order valence-corrected chi connectivity index (χ3v) is 9.11. The number of hydrogen-bond donors (Lipinski definition) is 2. The second-order valence-electron chi connectivity index (χ2n) is 11.4. The highest BCUT2D eigenvalue weighted by molar-refractivity contribution is 8.00. The number of amides is 2. The van der Waals surface area contributed by atoms with Gasteiger partial charge in [0.25, 0.3) is 0 Å². The Morgan fingerprint density at radius 3 is 1.44 bits per heavy atom. The van der Waals surface area contributed by atoms with Gasteiger partial charge in [-0.2, -0.15) is 0 Å². The van der Waals surface area contributed by atoms with Crippen LogP contribution in [-0.2, 0) is 30.1 Å². The van der Waals surface area contributed by atoms with Gasteiger partial charge in [0.1, 0.15) is 12.7 Å². The zero-order chi connectivity index (χ0) is 31.3. The largest absolute Gasteiger partial charge is 0.325 e. The number of anilines is 2. The van der Waals surface area contributed by atoms with E-state index in [4.69, 9.17) is 0 Å². The molecule has 0 radical (unpaired) electrons. The van der Waals surface area contributed by atoms with E-state index in [1.807, 2.05) is 27.9 Å². The van der Waals surface area contributed by atoms with E-state index in [0.29, 0.717) is 10.3 Å². The third kappa shape index (κ3) is 8.26. The van der Waals surface area contributed by atoms with Crippen LogP contribution in [-0.4, -0.2) is 52.8 Å². The second kappa shape index (κ2) is 14.2. The fraction of sp³-hybridized carbons (Fsp3) is 0.419. The number of benzene rings is 2. The van der Waals surface area contributed by atoms with Gasteiger partial charge in [0, 0.05) is 25.5 Å². The lowest BCUT2D eigenvalue weighted by atomic mass is 9.90. The van der Waals surface area contributed by atoms with Gasteiger partial charge in [-0.25, -0.2) is 0 Å². The van der Waals surface area contributed by atoms with E-state index >= 15 is 0 Å². The van der Waals surface area contributed by atoms with Crippen LogP contribution in [0.5, 0.6) is 0 Å². The number of carbonyl (C=O) groups excluding carboxylic acids is 2. The van der Waals surface area contributed by atoms with Crippen LogP contribution in [0.1, 0.15) is 72.9 Å². The normalized spacial score (nSPS) is 11.4. The highest BCUT2D eigenvalue weighted by Gasteiger charge is 2.18. The van der Waals surface area contributed by atoms with Gasteiger partial charge in [-0.3, -0.25) is 9.59 Å². The molecule has 0 spiro atoms. The van der Waals surface area contributed by atoms with E-state index in [-0.39, 0.29) is 35.2 Å². The molecule has 0 atom stereocenters. The van der Waals surface area contributed by atoms with Crippen molar-refractivity contribution in [3.63, 3.8) is 0 Å². The monoisotopic (exact) mass is 620 g/mol. The topological polar surface area (TPSA) is 120 Å². The summed E-state index contributed by atoms with van der Waals surface area (Å²) in [5.74, 6) is 0.816. The van der Waals surface area contributed by atoms with E-state index in [0.717, 1.165) is 40.0 Å². The van der Waals surface area contributed by atoms with Gasteiger partial charge >= 0.3 is 0 Å². The molecular weight excluding hydrogens is 581 g/mol. The molecule has 2 N–H and O–H groups in total. The summed E-state index contributed by atoms with van der Waals surface area (Å²) in [6.45, 7) is 12.7. The maximum atomic E-state index is 12.9. The highest BCUT2D eigenvalue weighted by atomic mass is 32.2. The van der Waals surface area contributed by atoms with Crippen molar-refractivity contribution in [2.45, 2.75) is 70.1 Å². The molecule has 0 bridgehead atoms. The Morgan fingerprint density at radius 1 is 0.721 bits per heavy atom. The Labute approximate surface area is 261 Å². The predicted octanol–water partition coefficient (Wildman–Crippen LogP) is 5.86. The van der Waals surface area contributed by atoms with Gasteiger partial charge in [-0.05, 0) is 65.5 Å². The molecule has 2 aromatic heterocycles. The average Bonchev–Trinajstić information content (AvgIpc) is 3.55. The first-order valence-electron chi connectivity index (χ1n) is 14.2. The van der Waals surface area contributed by atoms with E-state index in [1.54, 1.807) is 21.8 Å². The summed E-state index contributed by atoms with van der Waals surface area (Å²) in [6, 6.07) is 8.71. The van der Waals surface area contributed by atoms with E-state index < -0.39 is 0 Å². The van der Waals surface area contributed by atoms with Gasteiger partial charge in [-0.15, -0.1) is 20.4 Å². The van der Waals surface area contributed by atoms with Crippen LogP contribution in [0.2, 0.25) is 0 Å². The van der Waals surface area contributed by atoms with Crippen LogP contribution < -0.4 is 10.6 Å². The zero-order valence-electron chi connectivity index (χ0n) is 26.1. The predicted molar refractivity (Wildman–Crippen MR) is 174 cm³/mol. The van der Waals surface area contributed by atoms with E-state index in [1.165, 1.54) is 34.7 Å². The summed E-state index contributed by atoms with van der Waals surface area (Å²) in [5, 5.41) is 23.5. The summed E-state index contributed by atoms with van der Waals surface area (Å²) in [6.07, 6.45) is 3.99. The molecule has 0 fully saturated rings. The van der Waals surface area contributed by atoms with Gasteiger partial charge in [0.15, 0.2) is 10.3 Å². The molecule has 4 aromatic rings. The van der Waals surface area contributed by atoms with Gasteiger partial charge in [0.2, 0.25) is 11.8 Å².